The van der Waals surface area contributed by atoms with E-state index in [1.807, 2.05) is 42.5 Å². The number of nitrogens with one attached hydrogen (secondary N) is 1. The van der Waals surface area contributed by atoms with E-state index >= 15 is 0 Å². The fourth-order valence-corrected chi connectivity index (χ4v) is 3.64. The number of hydrogen-bond donors (Lipinski definition) is 1. The first-order chi connectivity index (χ1) is 13.7. The topological polar surface area (TPSA) is 44.8 Å². The highest BCUT2D eigenvalue weighted by atomic mass is 16.5. The summed E-state index contributed by atoms with van der Waals surface area (Å²) < 4.78 is 5.31. The highest BCUT2D eigenvalue weighted by Crippen LogP contribution is 2.22. The van der Waals surface area contributed by atoms with Gasteiger partial charge in [0.25, 0.3) is 0 Å². The van der Waals surface area contributed by atoms with Crippen molar-refractivity contribution in [2.45, 2.75) is 0 Å². The van der Waals surface area contributed by atoms with Crippen LogP contribution >= 0.6 is 0 Å². The van der Waals surface area contributed by atoms with E-state index in [9.17, 15) is 4.79 Å². The van der Waals surface area contributed by atoms with E-state index in [4.69, 9.17) is 4.74 Å². The largest absolute Gasteiger partial charge is 0.497 e. The number of carbonyl (C=O) groups excluding carboxylic acids is 1. The lowest BCUT2D eigenvalue weighted by Crippen LogP contribution is -2.48. The van der Waals surface area contributed by atoms with Gasteiger partial charge in [-0.2, -0.15) is 0 Å². The van der Waals surface area contributed by atoms with Crippen LogP contribution in [0.2, 0.25) is 0 Å². The van der Waals surface area contributed by atoms with Gasteiger partial charge >= 0.3 is 0 Å². The van der Waals surface area contributed by atoms with Crippen molar-refractivity contribution in [3.8, 4) is 5.75 Å². The summed E-state index contributed by atoms with van der Waals surface area (Å²) in [7, 11) is 1.69. The van der Waals surface area contributed by atoms with Crippen LogP contribution < -0.4 is 15.0 Å². The van der Waals surface area contributed by atoms with Gasteiger partial charge in [-0.25, -0.2) is 0 Å². The molecule has 0 unspecified atom stereocenters. The molecule has 1 heterocycles. The molecule has 5 heteroatoms. The molecule has 1 saturated heterocycles. The van der Waals surface area contributed by atoms with E-state index in [0.717, 1.165) is 43.0 Å². The van der Waals surface area contributed by atoms with Crippen molar-refractivity contribution in [3.63, 3.8) is 0 Å². The van der Waals surface area contributed by atoms with Gasteiger partial charge in [-0.15, -0.1) is 0 Å². The summed E-state index contributed by atoms with van der Waals surface area (Å²) in [6.45, 7) is 3.94. The molecule has 3 aromatic carbocycles. The number of carbonyl (C=O) groups is 1. The highest BCUT2D eigenvalue weighted by Gasteiger charge is 2.19. The standard InChI is InChI=1S/C23H25N3O2/c1-28-22-8-4-7-21(16-22)26-13-11-25(12-14-26)17-23(27)24-20-10-9-18-5-2-3-6-19(18)15-20/h2-10,15-16H,11-14,17H2,1H3,(H,24,27). The molecule has 1 amide bonds. The fourth-order valence-electron chi connectivity index (χ4n) is 3.64. The molecule has 3 aromatic rings. The van der Waals surface area contributed by atoms with E-state index in [1.54, 1.807) is 7.11 Å². The van der Waals surface area contributed by atoms with Crippen molar-refractivity contribution < 1.29 is 9.53 Å². The van der Waals surface area contributed by atoms with Crippen LogP contribution in [0.1, 0.15) is 0 Å². The number of methoxy groups -OCH3 is 1. The Morgan fingerprint density at radius 1 is 0.929 bits per heavy atom. The van der Waals surface area contributed by atoms with Crippen LogP contribution in [-0.4, -0.2) is 50.6 Å². The number of rotatable bonds is 5. The number of benzene rings is 3. The SMILES string of the molecule is COc1cccc(N2CCN(CC(=O)Nc3ccc4ccccc4c3)CC2)c1. The molecule has 1 aliphatic rings. The van der Waals surface area contributed by atoms with Gasteiger partial charge in [-0.3, -0.25) is 9.69 Å². The molecule has 1 fully saturated rings. The predicted molar refractivity (Wildman–Crippen MR) is 114 cm³/mol. The number of fused-ring (bicyclic) bond motifs is 1. The summed E-state index contributed by atoms with van der Waals surface area (Å²) in [5, 5.41) is 5.34. The van der Waals surface area contributed by atoms with Crippen LogP contribution in [0.4, 0.5) is 11.4 Å². The van der Waals surface area contributed by atoms with E-state index in [0.29, 0.717) is 6.54 Å². The molecule has 0 saturated carbocycles. The first-order valence-electron chi connectivity index (χ1n) is 9.61. The average molecular weight is 375 g/mol. The van der Waals surface area contributed by atoms with Gasteiger partial charge < -0.3 is 15.0 Å². The maximum Gasteiger partial charge on any atom is 0.238 e. The first-order valence-corrected chi connectivity index (χ1v) is 9.61. The van der Waals surface area contributed by atoms with E-state index in [1.165, 1.54) is 11.1 Å². The van der Waals surface area contributed by atoms with E-state index < -0.39 is 0 Å². The van der Waals surface area contributed by atoms with Gasteiger partial charge in [-0.05, 0) is 35.0 Å². The summed E-state index contributed by atoms with van der Waals surface area (Å²) in [6, 6.07) is 22.3. The summed E-state index contributed by atoms with van der Waals surface area (Å²) in [5.74, 6) is 0.903. The maximum atomic E-state index is 12.5. The van der Waals surface area contributed by atoms with Gasteiger partial charge in [-0.1, -0.05) is 36.4 Å². The lowest BCUT2D eigenvalue weighted by atomic mass is 10.1. The summed E-state index contributed by atoms with van der Waals surface area (Å²) in [6.07, 6.45) is 0. The minimum Gasteiger partial charge on any atom is -0.497 e. The van der Waals surface area contributed by atoms with Crippen molar-refractivity contribution in [1.29, 1.82) is 0 Å². The van der Waals surface area contributed by atoms with Crippen LogP contribution in [0.5, 0.6) is 5.75 Å². The van der Waals surface area contributed by atoms with Gasteiger partial charge in [0.05, 0.1) is 13.7 Å². The van der Waals surface area contributed by atoms with Crippen LogP contribution in [0.25, 0.3) is 10.8 Å². The summed E-state index contributed by atoms with van der Waals surface area (Å²) in [4.78, 5) is 17.0. The quantitative estimate of drug-likeness (QED) is 0.740. The lowest BCUT2D eigenvalue weighted by molar-refractivity contribution is -0.117. The van der Waals surface area contributed by atoms with Crippen LogP contribution in [0.15, 0.2) is 66.7 Å². The van der Waals surface area contributed by atoms with E-state index in [-0.39, 0.29) is 5.91 Å². The number of hydrogen-bond acceptors (Lipinski definition) is 4. The molecule has 0 spiro atoms. The molecule has 28 heavy (non-hydrogen) atoms. The van der Waals surface area contributed by atoms with Gasteiger partial charge in [0.1, 0.15) is 5.75 Å². The Morgan fingerprint density at radius 2 is 1.71 bits per heavy atom. The Kier molecular flexibility index (Phi) is 5.44. The number of nitrogens with zero attached hydrogens (tertiary/aromatic N) is 2. The Balaban J connectivity index is 1.30. The Morgan fingerprint density at radius 3 is 2.50 bits per heavy atom. The molecule has 0 radical (unpaired) electrons. The first kappa shape index (κ1) is 18.3. The molecular weight excluding hydrogens is 350 g/mol. The third-order valence-electron chi connectivity index (χ3n) is 5.19. The van der Waals surface area contributed by atoms with Gasteiger partial charge in [0.15, 0.2) is 0 Å². The molecule has 0 aliphatic carbocycles. The zero-order valence-electron chi connectivity index (χ0n) is 16.1. The molecule has 144 valence electrons. The fraction of sp³-hybridized carbons (Fsp3) is 0.261. The molecule has 1 N–H and O–H groups in total. The van der Waals surface area contributed by atoms with E-state index in [2.05, 4.69) is 39.4 Å². The molecule has 0 aromatic heterocycles. The Labute approximate surface area is 165 Å². The zero-order valence-corrected chi connectivity index (χ0v) is 16.1. The number of amides is 1. The van der Waals surface area contributed by atoms with Crippen molar-refractivity contribution >= 4 is 28.1 Å². The molecule has 4 rings (SSSR count). The Hall–Kier alpha value is -3.05. The zero-order chi connectivity index (χ0) is 19.3. The molecule has 0 atom stereocenters. The van der Waals surface area contributed by atoms with Crippen LogP contribution in [0.3, 0.4) is 0 Å². The van der Waals surface area contributed by atoms with Gasteiger partial charge in [0.2, 0.25) is 5.91 Å². The van der Waals surface area contributed by atoms with Gasteiger partial charge in [0, 0.05) is 43.6 Å². The van der Waals surface area contributed by atoms with Crippen LogP contribution in [0, 0.1) is 0 Å². The molecule has 0 bridgehead atoms. The highest BCUT2D eigenvalue weighted by molar-refractivity contribution is 5.95. The summed E-state index contributed by atoms with van der Waals surface area (Å²) >= 11 is 0. The van der Waals surface area contributed by atoms with Crippen molar-refractivity contribution in [3.05, 3.63) is 66.7 Å². The smallest absolute Gasteiger partial charge is 0.238 e. The third-order valence-corrected chi connectivity index (χ3v) is 5.19. The predicted octanol–water partition coefficient (Wildman–Crippen LogP) is 3.61. The molecule has 1 aliphatic heterocycles. The minimum atomic E-state index is 0.0325. The number of anilines is 2. The third kappa shape index (κ3) is 4.26. The van der Waals surface area contributed by atoms with Crippen molar-refractivity contribution in [1.82, 2.24) is 4.90 Å². The Bertz CT molecular complexity index is 965. The second kappa shape index (κ2) is 8.31. The maximum absolute atomic E-state index is 12.5. The van der Waals surface area contributed by atoms with Crippen molar-refractivity contribution in [2.24, 2.45) is 0 Å². The number of piperazine rings is 1. The molecular formula is C23H25N3O2. The molecule has 5 nitrogen and oxygen atoms in total. The average Bonchev–Trinajstić information content (AvgIpc) is 2.74. The second-order valence-electron chi connectivity index (χ2n) is 7.07. The second-order valence-corrected chi connectivity index (χ2v) is 7.07. The van der Waals surface area contributed by atoms with Crippen LogP contribution in [-0.2, 0) is 4.79 Å². The number of ether oxygens (including phenoxy) is 1. The summed E-state index contributed by atoms with van der Waals surface area (Å²) in [5.41, 5.74) is 2.01. The normalized spacial score (nSPS) is 14.8. The van der Waals surface area contributed by atoms with Crippen molar-refractivity contribution in [2.75, 3.05) is 50.1 Å². The lowest BCUT2D eigenvalue weighted by Gasteiger charge is -2.35. The minimum absolute atomic E-state index is 0.0325. The monoisotopic (exact) mass is 375 g/mol.